The molecule has 2 aliphatic rings. The maximum Gasteiger partial charge on any atom is 0.326 e. The molecule has 1 aliphatic heterocycles. The summed E-state index contributed by atoms with van der Waals surface area (Å²) < 4.78 is 5.73. The molecule has 0 radical (unpaired) electrons. The first-order valence-electron chi connectivity index (χ1n) is 6.36. The summed E-state index contributed by atoms with van der Waals surface area (Å²) in [5.41, 5.74) is 0. The Bertz CT molecular complexity index is 526. The third-order valence-corrected chi connectivity index (χ3v) is 4.84. The van der Waals surface area contributed by atoms with Gasteiger partial charge in [-0.15, -0.1) is 0 Å². The largest absolute Gasteiger partial charge is 0.480 e. The lowest BCUT2D eigenvalue weighted by molar-refractivity contribution is -0.142. The first kappa shape index (κ1) is 12.7. The molecule has 3 unspecified atom stereocenters. The van der Waals surface area contributed by atoms with Gasteiger partial charge in [0.15, 0.2) is 0 Å². The van der Waals surface area contributed by atoms with Crippen LogP contribution in [-0.2, 0) is 4.79 Å². The Morgan fingerprint density at radius 1 is 1.42 bits per heavy atom. The second-order valence-electron chi connectivity index (χ2n) is 5.19. The van der Waals surface area contributed by atoms with Crippen LogP contribution in [-0.4, -0.2) is 34.5 Å². The Morgan fingerprint density at radius 2 is 2.21 bits per heavy atom. The Hall–Kier alpha value is -1.30. The quantitative estimate of drug-likeness (QED) is 0.905. The number of hydrogen-bond donors (Lipinski definition) is 1. The molecule has 0 bridgehead atoms. The molecule has 1 saturated carbocycles. The third kappa shape index (κ3) is 1.98. The summed E-state index contributed by atoms with van der Waals surface area (Å²) in [4.78, 5) is 25.3. The van der Waals surface area contributed by atoms with Crippen LogP contribution in [0, 0.1) is 11.8 Å². The predicted molar refractivity (Wildman–Crippen MR) is 69.7 cm³/mol. The molecule has 102 valence electrons. The zero-order valence-corrected chi connectivity index (χ0v) is 11.8. The van der Waals surface area contributed by atoms with Crippen LogP contribution < -0.4 is 0 Å². The van der Waals surface area contributed by atoms with Gasteiger partial charge >= 0.3 is 5.97 Å². The van der Waals surface area contributed by atoms with E-state index in [1.165, 1.54) is 11.2 Å². The summed E-state index contributed by atoms with van der Waals surface area (Å²) in [6, 6.07) is 0.928. The second-order valence-corrected chi connectivity index (χ2v) is 6.05. The number of amides is 1. The van der Waals surface area contributed by atoms with Crippen molar-refractivity contribution in [2.45, 2.75) is 25.3 Å². The van der Waals surface area contributed by atoms with E-state index in [9.17, 15) is 14.7 Å². The number of carboxylic acid groups (broad SMARTS) is 1. The van der Waals surface area contributed by atoms with Gasteiger partial charge in [0.1, 0.15) is 6.04 Å². The number of rotatable bonds is 2. The fourth-order valence-electron chi connectivity index (χ4n) is 3.41. The third-order valence-electron chi connectivity index (χ3n) is 4.22. The van der Waals surface area contributed by atoms with Gasteiger partial charge in [0, 0.05) is 6.54 Å². The molecule has 0 spiro atoms. The van der Waals surface area contributed by atoms with Crippen molar-refractivity contribution in [3.63, 3.8) is 0 Å². The summed E-state index contributed by atoms with van der Waals surface area (Å²) >= 11 is 3.24. The summed E-state index contributed by atoms with van der Waals surface area (Å²) in [6.45, 7) is 0.521. The number of carbonyl (C=O) groups excluding carboxylic acids is 1. The summed E-state index contributed by atoms with van der Waals surface area (Å²) in [5.74, 6) is -0.649. The van der Waals surface area contributed by atoms with E-state index in [0.29, 0.717) is 16.9 Å². The second kappa shape index (κ2) is 4.67. The molecule has 1 amide bonds. The molecule has 0 aromatic carbocycles. The molecule has 2 fully saturated rings. The van der Waals surface area contributed by atoms with Crippen molar-refractivity contribution in [2.24, 2.45) is 11.8 Å². The molecule has 6 heteroatoms. The average Bonchev–Trinajstić information content (AvgIpc) is 3.00. The van der Waals surface area contributed by atoms with Crippen LogP contribution >= 0.6 is 15.9 Å². The molecular weight excluding hydrogens is 314 g/mol. The van der Waals surface area contributed by atoms with Gasteiger partial charge in [-0.25, -0.2) is 4.79 Å². The van der Waals surface area contributed by atoms with E-state index in [2.05, 4.69) is 15.9 Å². The molecule has 1 aliphatic carbocycles. The highest BCUT2D eigenvalue weighted by molar-refractivity contribution is 9.10. The Balaban J connectivity index is 1.90. The number of nitrogens with zero attached hydrogens (tertiary/aromatic N) is 1. The first-order chi connectivity index (χ1) is 9.09. The van der Waals surface area contributed by atoms with Crippen LogP contribution in [0.15, 0.2) is 21.2 Å². The number of carbonyl (C=O) groups is 2. The fraction of sp³-hybridized carbons (Fsp3) is 0.538. The van der Waals surface area contributed by atoms with E-state index in [1.54, 1.807) is 6.07 Å². The standard InChI is InChI=1S/C13H14BrNO4/c14-9-4-5-19-11(9)12(16)15-6-7-2-1-3-8(7)10(15)13(17)18/h4-5,7-8,10H,1-3,6H2,(H,17,18). The van der Waals surface area contributed by atoms with Crippen LogP contribution in [0.3, 0.4) is 0 Å². The first-order valence-corrected chi connectivity index (χ1v) is 7.15. The van der Waals surface area contributed by atoms with E-state index in [0.717, 1.165) is 19.3 Å². The normalized spacial score (nSPS) is 29.5. The van der Waals surface area contributed by atoms with E-state index < -0.39 is 12.0 Å². The lowest BCUT2D eigenvalue weighted by Gasteiger charge is -2.23. The summed E-state index contributed by atoms with van der Waals surface area (Å²) in [7, 11) is 0. The van der Waals surface area contributed by atoms with Crippen molar-refractivity contribution in [2.75, 3.05) is 6.54 Å². The van der Waals surface area contributed by atoms with Crippen molar-refractivity contribution in [1.29, 1.82) is 0 Å². The van der Waals surface area contributed by atoms with Crippen molar-refractivity contribution in [1.82, 2.24) is 4.90 Å². The van der Waals surface area contributed by atoms with Gasteiger partial charge in [0.25, 0.3) is 5.91 Å². The lowest BCUT2D eigenvalue weighted by Crippen LogP contribution is -2.43. The van der Waals surface area contributed by atoms with Crippen molar-refractivity contribution >= 4 is 27.8 Å². The predicted octanol–water partition coefficient (Wildman–Crippen LogP) is 2.37. The number of hydrogen-bond acceptors (Lipinski definition) is 3. The molecular formula is C13H14BrNO4. The van der Waals surface area contributed by atoms with Gasteiger partial charge < -0.3 is 14.4 Å². The fourth-order valence-corrected chi connectivity index (χ4v) is 3.78. The Kier molecular flexibility index (Phi) is 3.12. The van der Waals surface area contributed by atoms with Gasteiger partial charge in [0.05, 0.1) is 10.7 Å². The van der Waals surface area contributed by atoms with Crippen molar-refractivity contribution < 1.29 is 19.1 Å². The Morgan fingerprint density at radius 3 is 2.84 bits per heavy atom. The molecule has 19 heavy (non-hydrogen) atoms. The van der Waals surface area contributed by atoms with Crippen LogP contribution in [0.4, 0.5) is 0 Å². The lowest BCUT2D eigenvalue weighted by atomic mass is 9.94. The molecule has 3 atom stereocenters. The summed E-state index contributed by atoms with van der Waals surface area (Å²) in [6.07, 6.45) is 4.39. The van der Waals surface area contributed by atoms with Gasteiger partial charge in [-0.2, -0.15) is 0 Å². The molecule has 3 rings (SSSR count). The number of halogens is 1. The molecule has 1 N–H and O–H groups in total. The van der Waals surface area contributed by atoms with Gasteiger partial charge in [-0.05, 0) is 46.7 Å². The highest BCUT2D eigenvalue weighted by atomic mass is 79.9. The molecule has 5 nitrogen and oxygen atoms in total. The van der Waals surface area contributed by atoms with Crippen LogP contribution in [0.2, 0.25) is 0 Å². The highest BCUT2D eigenvalue weighted by Crippen LogP contribution is 2.43. The van der Waals surface area contributed by atoms with E-state index in [1.807, 2.05) is 0 Å². The Labute approximate surface area is 118 Å². The molecule has 1 aromatic rings. The maximum atomic E-state index is 12.4. The van der Waals surface area contributed by atoms with E-state index in [-0.39, 0.29) is 17.6 Å². The maximum absolute atomic E-state index is 12.4. The van der Waals surface area contributed by atoms with Crippen LogP contribution in [0.5, 0.6) is 0 Å². The topological polar surface area (TPSA) is 70.8 Å². The van der Waals surface area contributed by atoms with Crippen molar-refractivity contribution in [3.8, 4) is 0 Å². The minimum absolute atomic E-state index is 0.0928. The number of furan rings is 1. The highest BCUT2D eigenvalue weighted by Gasteiger charge is 2.50. The minimum Gasteiger partial charge on any atom is -0.480 e. The SMILES string of the molecule is O=C(O)C1C2CCCC2CN1C(=O)c1occc1Br. The average molecular weight is 328 g/mol. The molecule has 1 aromatic heterocycles. The zero-order chi connectivity index (χ0) is 13.6. The zero-order valence-electron chi connectivity index (χ0n) is 10.2. The monoisotopic (exact) mass is 327 g/mol. The molecule has 1 saturated heterocycles. The van der Waals surface area contributed by atoms with Gasteiger partial charge in [0.2, 0.25) is 5.76 Å². The number of likely N-dealkylation sites (tertiary alicyclic amines) is 1. The van der Waals surface area contributed by atoms with E-state index >= 15 is 0 Å². The summed E-state index contributed by atoms with van der Waals surface area (Å²) in [5, 5.41) is 9.41. The minimum atomic E-state index is -0.912. The smallest absolute Gasteiger partial charge is 0.326 e. The van der Waals surface area contributed by atoms with Crippen LogP contribution in [0.1, 0.15) is 29.8 Å². The van der Waals surface area contributed by atoms with Crippen LogP contribution in [0.25, 0.3) is 0 Å². The number of carboxylic acids is 1. The van der Waals surface area contributed by atoms with Gasteiger partial charge in [-0.3, -0.25) is 4.79 Å². The van der Waals surface area contributed by atoms with Crippen molar-refractivity contribution in [3.05, 3.63) is 22.6 Å². The van der Waals surface area contributed by atoms with Gasteiger partial charge in [-0.1, -0.05) is 6.42 Å². The number of aliphatic carboxylic acids is 1. The van der Waals surface area contributed by atoms with E-state index in [4.69, 9.17) is 4.42 Å². The number of fused-ring (bicyclic) bond motifs is 1. The molecule has 2 heterocycles.